The highest BCUT2D eigenvalue weighted by molar-refractivity contribution is 6.24. The van der Waals surface area contributed by atoms with Crippen molar-refractivity contribution in [3.8, 4) is 0 Å². The summed E-state index contributed by atoms with van der Waals surface area (Å²) in [6.07, 6.45) is 3.09. The second-order valence-electron chi connectivity index (χ2n) is 2.70. The average molecular weight is 120 g/mol. The predicted molar refractivity (Wildman–Crippen MR) is 37.2 cm³/mol. The lowest BCUT2D eigenvalue weighted by atomic mass is 9.80. The summed E-state index contributed by atoms with van der Waals surface area (Å²) in [4.78, 5) is 10.7. The third kappa shape index (κ3) is 1.70. The summed E-state index contributed by atoms with van der Waals surface area (Å²) >= 11 is 0. The van der Waals surface area contributed by atoms with E-state index in [2.05, 4.69) is 0 Å². The first-order valence-electron chi connectivity index (χ1n) is 3.17. The maximum atomic E-state index is 10.7. The molecule has 0 N–H and O–H groups in total. The maximum absolute atomic E-state index is 10.7. The second-order valence-corrected chi connectivity index (χ2v) is 2.70. The Hall–Kier alpha value is -0.525. The Balaban J connectivity index is 2.67. The fourth-order valence-corrected chi connectivity index (χ4v) is 1.14. The van der Waals surface area contributed by atoms with E-state index in [1.165, 1.54) is 0 Å². The van der Waals surface area contributed by atoms with Crippen LogP contribution in [0.25, 0.3) is 0 Å². The first-order chi connectivity index (χ1) is 4.18. The molecule has 1 aliphatic rings. The third-order valence-corrected chi connectivity index (χ3v) is 1.48. The van der Waals surface area contributed by atoms with Crippen LogP contribution in [-0.2, 0) is 4.79 Å². The SMILES string of the molecule is [B]C1=CC(=O)CC(C)C1. The monoisotopic (exact) mass is 120 g/mol. The first kappa shape index (κ1) is 6.59. The van der Waals surface area contributed by atoms with Crippen molar-refractivity contribution in [2.45, 2.75) is 19.8 Å². The Morgan fingerprint density at radius 3 is 2.78 bits per heavy atom. The van der Waals surface area contributed by atoms with E-state index in [0.717, 1.165) is 11.9 Å². The normalized spacial score (nSPS) is 27.9. The third-order valence-electron chi connectivity index (χ3n) is 1.48. The van der Waals surface area contributed by atoms with Crippen molar-refractivity contribution in [1.29, 1.82) is 0 Å². The van der Waals surface area contributed by atoms with Crippen molar-refractivity contribution in [2.24, 2.45) is 5.92 Å². The molecular weight excluding hydrogens is 111 g/mol. The highest BCUT2D eigenvalue weighted by Gasteiger charge is 2.12. The van der Waals surface area contributed by atoms with Gasteiger partial charge in [0.05, 0.1) is 0 Å². The van der Waals surface area contributed by atoms with Crippen LogP contribution in [0.4, 0.5) is 0 Å². The maximum Gasteiger partial charge on any atom is 0.155 e. The van der Waals surface area contributed by atoms with Crippen LogP contribution in [0.2, 0.25) is 0 Å². The quantitative estimate of drug-likeness (QED) is 0.436. The van der Waals surface area contributed by atoms with Crippen LogP contribution in [0.15, 0.2) is 11.5 Å². The topological polar surface area (TPSA) is 17.1 Å². The average Bonchev–Trinajstić information content (AvgIpc) is 1.59. The highest BCUT2D eigenvalue weighted by Crippen LogP contribution is 2.18. The minimum absolute atomic E-state index is 0.172. The molecule has 0 aromatic carbocycles. The molecule has 2 radical (unpaired) electrons. The molecular formula is C7H9BO. The van der Waals surface area contributed by atoms with Gasteiger partial charge in [0.2, 0.25) is 0 Å². The molecule has 0 aliphatic heterocycles. The molecule has 1 unspecified atom stereocenters. The number of rotatable bonds is 0. The van der Waals surface area contributed by atoms with Crippen molar-refractivity contribution < 1.29 is 4.79 Å². The van der Waals surface area contributed by atoms with Crippen molar-refractivity contribution >= 4 is 13.6 Å². The number of ketones is 1. The van der Waals surface area contributed by atoms with Gasteiger partial charge in [-0.15, -0.1) is 5.47 Å². The molecule has 1 rings (SSSR count). The molecule has 0 spiro atoms. The van der Waals surface area contributed by atoms with Crippen LogP contribution in [0.1, 0.15) is 19.8 Å². The lowest BCUT2D eigenvalue weighted by Gasteiger charge is -2.14. The molecule has 0 amide bonds. The minimum Gasteiger partial charge on any atom is -0.295 e. The summed E-state index contributed by atoms with van der Waals surface area (Å²) in [5, 5.41) is 0. The van der Waals surface area contributed by atoms with E-state index >= 15 is 0 Å². The van der Waals surface area contributed by atoms with Crippen molar-refractivity contribution in [2.75, 3.05) is 0 Å². The van der Waals surface area contributed by atoms with Gasteiger partial charge in [0.25, 0.3) is 0 Å². The summed E-state index contributed by atoms with van der Waals surface area (Å²) in [7, 11) is 5.46. The van der Waals surface area contributed by atoms with Gasteiger partial charge < -0.3 is 0 Å². The highest BCUT2D eigenvalue weighted by atomic mass is 16.1. The molecule has 0 saturated carbocycles. The zero-order valence-corrected chi connectivity index (χ0v) is 5.55. The zero-order chi connectivity index (χ0) is 6.85. The van der Waals surface area contributed by atoms with Crippen LogP contribution in [0.3, 0.4) is 0 Å². The van der Waals surface area contributed by atoms with Gasteiger partial charge in [-0.25, -0.2) is 0 Å². The number of hydrogen-bond donors (Lipinski definition) is 0. The second kappa shape index (κ2) is 2.38. The van der Waals surface area contributed by atoms with E-state index < -0.39 is 0 Å². The smallest absolute Gasteiger partial charge is 0.155 e. The predicted octanol–water partition coefficient (Wildman–Crippen LogP) is 1.04. The Bertz CT molecular complexity index is 160. The van der Waals surface area contributed by atoms with E-state index in [0.29, 0.717) is 12.3 Å². The van der Waals surface area contributed by atoms with Gasteiger partial charge in [0.15, 0.2) is 5.78 Å². The number of carbonyl (C=O) groups is 1. The van der Waals surface area contributed by atoms with Gasteiger partial charge in [-0.3, -0.25) is 4.79 Å². The summed E-state index contributed by atoms with van der Waals surface area (Å²) in [6, 6.07) is 0. The lowest BCUT2D eigenvalue weighted by molar-refractivity contribution is -0.115. The summed E-state index contributed by atoms with van der Waals surface area (Å²) in [5.41, 5.74) is 0.735. The Morgan fingerprint density at radius 2 is 2.33 bits per heavy atom. The molecule has 0 fully saturated rings. The summed E-state index contributed by atoms with van der Waals surface area (Å²) in [6.45, 7) is 2.04. The molecule has 46 valence electrons. The minimum atomic E-state index is 0.172. The van der Waals surface area contributed by atoms with Crippen LogP contribution in [0, 0.1) is 5.92 Å². The Labute approximate surface area is 56.5 Å². The van der Waals surface area contributed by atoms with Gasteiger partial charge in [-0.1, -0.05) is 6.92 Å². The van der Waals surface area contributed by atoms with E-state index in [1.807, 2.05) is 6.92 Å². The van der Waals surface area contributed by atoms with Crippen molar-refractivity contribution in [1.82, 2.24) is 0 Å². The van der Waals surface area contributed by atoms with Gasteiger partial charge in [-0.05, 0) is 18.4 Å². The van der Waals surface area contributed by atoms with Gasteiger partial charge >= 0.3 is 0 Å². The molecule has 0 aromatic rings. The van der Waals surface area contributed by atoms with E-state index in [4.69, 9.17) is 7.85 Å². The fraction of sp³-hybridized carbons (Fsp3) is 0.571. The molecule has 1 aliphatic carbocycles. The molecule has 0 saturated heterocycles. The molecule has 1 nitrogen and oxygen atoms in total. The van der Waals surface area contributed by atoms with Gasteiger partial charge in [-0.2, -0.15) is 0 Å². The van der Waals surface area contributed by atoms with Crippen LogP contribution in [-0.4, -0.2) is 13.6 Å². The number of allylic oxidation sites excluding steroid dienone is 2. The van der Waals surface area contributed by atoms with E-state index in [9.17, 15) is 4.79 Å². The molecule has 9 heavy (non-hydrogen) atoms. The number of hydrogen-bond acceptors (Lipinski definition) is 1. The van der Waals surface area contributed by atoms with Crippen LogP contribution < -0.4 is 0 Å². The Morgan fingerprint density at radius 1 is 1.67 bits per heavy atom. The largest absolute Gasteiger partial charge is 0.295 e. The van der Waals surface area contributed by atoms with E-state index in [1.54, 1.807) is 6.08 Å². The number of carbonyl (C=O) groups excluding carboxylic acids is 1. The van der Waals surface area contributed by atoms with Crippen LogP contribution in [0.5, 0.6) is 0 Å². The zero-order valence-electron chi connectivity index (χ0n) is 5.55. The van der Waals surface area contributed by atoms with Crippen molar-refractivity contribution in [3.63, 3.8) is 0 Å². The van der Waals surface area contributed by atoms with Gasteiger partial charge in [0, 0.05) is 6.42 Å². The fourth-order valence-electron chi connectivity index (χ4n) is 1.14. The van der Waals surface area contributed by atoms with Crippen LogP contribution >= 0.6 is 0 Å². The lowest BCUT2D eigenvalue weighted by Crippen LogP contribution is -2.10. The Kier molecular flexibility index (Phi) is 1.74. The molecule has 0 heterocycles. The molecule has 1 atom stereocenters. The molecule has 0 aromatic heterocycles. The summed E-state index contributed by atoms with van der Waals surface area (Å²) < 4.78 is 0. The molecule has 0 bridgehead atoms. The van der Waals surface area contributed by atoms with E-state index in [-0.39, 0.29) is 5.78 Å². The standard InChI is InChI=1S/C7H9BO/c1-5-2-6(8)4-7(9)3-5/h4-5H,2-3H2,1H3. The first-order valence-corrected chi connectivity index (χ1v) is 3.17. The molecule has 2 heteroatoms. The van der Waals surface area contributed by atoms with Gasteiger partial charge in [0.1, 0.15) is 7.85 Å². The van der Waals surface area contributed by atoms with Crippen molar-refractivity contribution in [3.05, 3.63) is 11.5 Å². The summed E-state index contributed by atoms with van der Waals surface area (Å²) in [5.74, 6) is 0.619.